The molecule has 0 aliphatic carbocycles. The van der Waals surface area contributed by atoms with Crippen molar-refractivity contribution in [3.8, 4) is 17.3 Å². The molecular formula is C14H14N6O. The van der Waals surface area contributed by atoms with Crippen molar-refractivity contribution in [2.24, 2.45) is 7.05 Å². The lowest BCUT2D eigenvalue weighted by Crippen LogP contribution is -2.22. The lowest BCUT2D eigenvalue weighted by atomic mass is 10.00. The van der Waals surface area contributed by atoms with Crippen LogP contribution in [-0.4, -0.2) is 24.4 Å². The molecule has 0 fully saturated rings. The van der Waals surface area contributed by atoms with Crippen molar-refractivity contribution < 1.29 is 0 Å². The Kier molecular flexibility index (Phi) is 2.87. The number of aromatic nitrogens is 5. The van der Waals surface area contributed by atoms with Gasteiger partial charge in [-0.2, -0.15) is 10.4 Å². The van der Waals surface area contributed by atoms with Gasteiger partial charge >= 0.3 is 0 Å². The van der Waals surface area contributed by atoms with Gasteiger partial charge in [-0.3, -0.25) is 14.6 Å². The number of nitrogens with zero attached hydrogens (tertiary/aromatic N) is 5. The molecular weight excluding hydrogens is 268 g/mol. The molecule has 7 heteroatoms. The number of rotatable bonds is 2. The van der Waals surface area contributed by atoms with Crippen LogP contribution in [0.4, 0.5) is 0 Å². The van der Waals surface area contributed by atoms with Crippen LogP contribution in [0.25, 0.3) is 16.9 Å². The lowest BCUT2D eigenvalue weighted by Gasteiger charge is -2.10. The van der Waals surface area contributed by atoms with Crippen molar-refractivity contribution in [3.63, 3.8) is 0 Å². The summed E-state index contributed by atoms with van der Waals surface area (Å²) in [6, 6.07) is 2.04. The fourth-order valence-corrected chi connectivity index (χ4v) is 2.39. The average Bonchev–Trinajstić information content (AvgIpc) is 3.03. The molecule has 106 valence electrons. The molecule has 0 atom stereocenters. The Morgan fingerprint density at radius 3 is 2.76 bits per heavy atom. The van der Waals surface area contributed by atoms with E-state index in [1.807, 2.05) is 26.1 Å². The Morgan fingerprint density at radius 1 is 1.43 bits per heavy atom. The van der Waals surface area contributed by atoms with Crippen LogP contribution in [0.15, 0.2) is 23.4 Å². The molecule has 7 nitrogen and oxygen atoms in total. The van der Waals surface area contributed by atoms with Gasteiger partial charge in [-0.05, 0) is 5.92 Å². The van der Waals surface area contributed by atoms with E-state index >= 15 is 0 Å². The van der Waals surface area contributed by atoms with Crippen LogP contribution in [0.5, 0.6) is 0 Å². The maximum Gasteiger partial charge on any atom is 0.276 e. The van der Waals surface area contributed by atoms with Gasteiger partial charge in [-0.15, -0.1) is 0 Å². The Hall–Kier alpha value is -2.88. The van der Waals surface area contributed by atoms with Crippen LogP contribution in [-0.2, 0) is 7.05 Å². The first kappa shape index (κ1) is 13.1. The van der Waals surface area contributed by atoms with Gasteiger partial charge in [-0.25, -0.2) is 9.50 Å². The van der Waals surface area contributed by atoms with Crippen molar-refractivity contribution in [1.29, 1.82) is 5.26 Å². The van der Waals surface area contributed by atoms with Gasteiger partial charge in [0.05, 0.1) is 11.9 Å². The minimum absolute atomic E-state index is 0.00550. The Morgan fingerprint density at radius 2 is 2.19 bits per heavy atom. The highest BCUT2D eigenvalue weighted by atomic mass is 16.1. The normalized spacial score (nSPS) is 11.2. The Bertz CT molecular complexity index is 921. The molecule has 3 aromatic heterocycles. The molecule has 0 saturated heterocycles. The Balaban J connectivity index is 2.44. The van der Waals surface area contributed by atoms with E-state index in [0.717, 1.165) is 5.56 Å². The van der Waals surface area contributed by atoms with E-state index in [2.05, 4.69) is 15.2 Å². The number of aromatic amines is 1. The standard InChI is InChI=1S/C14H14N6O/c1-8(2)11-12(10-6-16-19(3)7-10)18-13-9(4-15)5-17-20(13)14(11)21/h5-8,17H,1-3H3. The number of fused-ring (bicyclic) bond motifs is 1. The van der Waals surface area contributed by atoms with Crippen molar-refractivity contribution in [1.82, 2.24) is 24.4 Å². The molecule has 0 aromatic carbocycles. The second kappa shape index (κ2) is 4.59. The van der Waals surface area contributed by atoms with Crippen molar-refractivity contribution >= 4 is 5.65 Å². The van der Waals surface area contributed by atoms with E-state index in [1.165, 1.54) is 10.7 Å². The number of hydrogen-bond acceptors (Lipinski definition) is 4. The maximum atomic E-state index is 12.7. The summed E-state index contributed by atoms with van der Waals surface area (Å²) in [4.78, 5) is 17.2. The van der Waals surface area contributed by atoms with Crippen molar-refractivity contribution in [2.45, 2.75) is 19.8 Å². The van der Waals surface area contributed by atoms with Gasteiger partial charge in [0.2, 0.25) is 0 Å². The van der Waals surface area contributed by atoms with Crippen LogP contribution in [0.1, 0.15) is 30.9 Å². The van der Waals surface area contributed by atoms with Crippen LogP contribution in [0.3, 0.4) is 0 Å². The first-order valence-electron chi connectivity index (χ1n) is 6.56. The van der Waals surface area contributed by atoms with Gasteiger partial charge in [0, 0.05) is 30.6 Å². The first-order valence-corrected chi connectivity index (χ1v) is 6.56. The van der Waals surface area contributed by atoms with Gasteiger partial charge in [0.1, 0.15) is 11.6 Å². The molecule has 0 spiro atoms. The molecule has 0 saturated carbocycles. The predicted octanol–water partition coefficient (Wildman–Crippen LogP) is 1.42. The molecule has 0 aliphatic heterocycles. The number of nitrogens with one attached hydrogen (secondary N) is 1. The lowest BCUT2D eigenvalue weighted by molar-refractivity contribution is 0.767. The molecule has 3 rings (SSSR count). The van der Waals surface area contributed by atoms with E-state index < -0.39 is 0 Å². The van der Waals surface area contributed by atoms with Gasteiger partial charge in [-0.1, -0.05) is 13.8 Å². The second-order valence-corrected chi connectivity index (χ2v) is 5.19. The largest absolute Gasteiger partial charge is 0.295 e. The molecule has 3 heterocycles. The summed E-state index contributed by atoms with van der Waals surface area (Å²) >= 11 is 0. The summed E-state index contributed by atoms with van der Waals surface area (Å²) in [5.74, 6) is 0.00550. The summed E-state index contributed by atoms with van der Waals surface area (Å²) in [6.07, 6.45) is 4.96. The highest BCUT2D eigenvalue weighted by Gasteiger charge is 2.20. The van der Waals surface area contributed by atoms with Gasteiger partial charge in [0.25, 0.3) is 5.56 Å². The van der Waals surface area contributed by atoms with Crippen LogP contribution in [0.2, 0.25) is 0 Å². The van der Waals surface area contributed by atoms with Crippen molar-refractivity contribution in [2.75, 3.05) is 0 Å². The molecule has 1 N–H and O–H groups in total. The predicted molar refractivity (Wildman–Crippen MR) is 76.8 cm³/mol. The number of hydrogen-bond donors (Lipinski definition) is 1. The smallest absolute Gasteiger partial charge is 0.276 e. The zero-order valence-corrected chi connectivity index (χ0v) is 12.0. The minimum atomic E-state index is -0.185. The summed E-state index contributed by atoms with van der Waals surface area (Å²) in [5.41, 5.74) is 2.45. The third kappa shape index (κ3) is 1.92. The SMILES string of the molecule is CC(C)c1c(-c2cnn(C)c2)nc2c(C#N)c[nH]n2c1=O. The summed E-state index contributed by atoms with van der Waals surface area (Å²) in [5, 5.41) is 16.0. The quantitative estimate of drug-likeness (QED) is 0.769. The zero-order valence-electron chi connectivity index (χ0n) is 12.0. The molecule has 0 radical (unpaired) electrons. The number of nitriles is 1. The number of H-pyrrole nitrogens is 1. The zero-order chi connectivity index (χ0) is 15.1. The fourth-order valence-electron chi connectivity index (χ4n) is 2.39. The molecule has 0 amide bonds. The van der Waals surface area contributed by atoms with Crippen LogP contribution in [0, 0.1) is 11.3 Å². The minimum Gasteiger partial charge on any atom is -0.295 e. The van der Waals surface area contributed by atoms with Crippen LogP contribution < -0.4 is 5.56 Å². The van der Waals surface area contributed by atoms with Gasteiger partial charge in [0.15, 0.2) is 5.65 Å². The van der Waals surface area contributed by atoms with Crippen molar-refractivity contribution in [3.05, 3.63) is 40.1 Å². The Labute approximate surface area is 120 Å². The summed E-state index contributed by atoms with van der Waals surface area (Å²) < 4.78 is 2.97. The monoisotopic (exact) mass is 282 g/mol. The molecule has 3 aromatic rings. The first-order chi connectivity index (χ1) is 10.0. The molecule has 0 unspecified atom stereocenters. The van der Waals surface area contributed by atoms with E-state index in [4.69, 9.17) is 5.26 Å². The topological polar surface area (TPSA) is 91.8 Å². The summed E-state index contributed by atoms with van der Waals surface area (Å²) in [6.45, 7) is 3.89. The molecule has 21 heavy (non-hydrogen) atoms. The third-order valence-electron chi connectivity index (χ3n) is 3.37. The summed E-state index contributed by atoms with van der Waals surface area (Å²) in [7, 11) is 1.81. The average molecular weight is 282 g/mol. The molecule has 0 bridgehead atoms. The highest BCUT2D eigenvalue weighted by molar-refractivity contribution is 5.67. The van der Waals surface area contributed by atoms with E-state index in [0.29, 0.717) is 22.5 Å². The van der Waals surface area contributed by atoms with Crippen LogP contribution >= 0.6 is 0 Å². The fraction of sp³-hybridized carbons (Fsp3) is 0.286. The third-order valence-corrected chi connectivity index (χ3v) is 3.37. The van der Waals surface area contributed by atoms with E-state index in [1.54, 1.807) is 17.9 Å². The second-order valence-electron chi connectivity index (χ2n) is 5.19. The maximum absolute atomic E-state index is 12.7. The molecule has 0 aliphatic rings. The number of aryl methyl sites for hydroxylation is 1. The highest BCUT2D eigenvalue weighted by Crippen LogP contribution is 2.25. The van der Waals surface area contributed by atoms with E-state index in [9.17, 15) is 4.79 Å². The van der Waals surface area contributed by atoms with E-state index in [-0.39, 0.29) is 11.5 Å². The van der Waals surface area contributed by atoms with Gasteiger partial charge < -0.3 is 0 Å².